The number of nitrogens with zero attached hydrogens (tertiary/aromatic N) is 2. The lowest BCUT2D eigenvalue weighted by Crippen LogP contribution is -2.44. The maximum Gasteiger partial charge on any atom is 0.320 e. The minimum absolute atomic E-state index is 0.0178. The van der Waals surface area contributed by atoms with Crippen molar-refractivity contribution in [2.75, 3.05) is 32.8 Å². The Labute approximate surface area is 202 Å². The van der Waals surface area contributed by atoms with E-state index < -0.39 is 0 Å². The smallest absolute Gasteiger partial charge is 0.320 e. The second-order valence-electron chi connectivity index (χ2n) is 8.02. The third-order valence-corrected chi connectivity index (χ3v) is 6.55. The van der Waals surface area contributed by atoms with Gasteiger partial charge in [-0.25, -0.2) is 5.01 Å². The topological polar surface area (TPSA) is 88.2 Å². The molecule has 0 aromatic heterocycles. The third-order valence-electron chi connectivity index (χ3n) is 5.70. The summed E-state index contributed by atoms with van der Waals surface area (Å²) in [5.74, 6) is -0.902. The Kier molecular flexibility index (Phi) is 9.22. The van der Waals surface area contributed by atoms with Crippen molar-refractivity contribution in [1.29, 1.82) is 0 Å². The molecule has 0 saturated carbocycles. The van der Waals surface area contributed by atoms with Gasteiger partial charge in [-0.15, -0.1) is 0 Å². The first-order valence-electron chi connectivity index (χ1n) is 11.0. The highest BCUT2D eigenvalue weighted by atomic mass is 79.9. The number of alkyl halides is 1. The first-order valence-corrected chi connectivity index (χ1v) is 11.9. The normalized spacial score (nSPS) is 22.9. The summed E-state index contributed by atoms with van der Waals surface area (Å²) in [6, 6.07) is 7.88. The van der Waals surface area contributed by atoms with Crippen LogP contribution in [-0.4, -0.2) is 65.5 Å². The van der Waals surface area contributed by atoms with Gasteiger partial charge in [0.05, 0.1) is 23.3 Å². The molecule has 1 N–H and O–H groups in total. The molecule has 2 fully saturated rings. The zero-order valence-corrected chi connectivity index (χ0v) is 20.2. The SMILES string of the molecule is C=CCOC(=O)CNCc1ccc(C2CC(C(=O)OCC=C)CN2N2CC[C@H](Br)C2=O)cc1. The van der Waals surface area contributed by atoms with E-state index in [1.807, 2.05) is 29.3 Å². The Balaban J connectivity index is 1.66. The number of benzene rings is 1. The predicted molar refractivity (Wildman–Crippen MR) is 127 cm³/mol. The van der Waals surface area contributed by atoms with Crippen LogP contribution in [0, 0.1) is 5.92 Å². The fourth-order valence-electron chi connectivity index (χ4n) is 4.08. The van der Waals surface area contributed by atoms with Gasteiger partial charge in [-0.1, -0.05) is 65.5 Å². The van der Waals surface area contributed by atoms with E-state index in [4.69, 9.17) is 9.47 Å². The number of esters is 2. The van der Waals surface area contributed by atoms with Crippen molar-refractivity contribution in [2.24, 2.45) is 5.92 Å². The van der Waals surface area contributed by atoms with Crippen molar-refractivity contribution in [2.45, 2.75) is 30.3 Å². The first-order chi connectivity index (χ1) is 15.9. The van der Waals surface area contributed by atoms with Crippen molar-refractivity contribution in [3.05, 3.63) is 60.7 Å². The molecule has 0 aliphatic carbocycles. The molecule has 33 heavy (non-hydrogen) atoms. The van der Waals surface area contributed by atoms with Gasteiger partial charge in [0.1, 0.15) is 13.2 Å². The van der Waals surface area contributed by atoms with Crippen LogP contribution in [0.5, 0.6) is 0 Å². The largest absolute Gasteiger partial charge is 0.461 e. The molecule has 3 atom stereocenters. The van der Waals surface area contributed by atoms with Crippen LogP contribution in [0.3, 0.4) is 0 Å². The number of ether oxygens (including phenoxy) is 2. The van der Waals surface area contributed by atoms with Gasteiger partial charge in [0.2, 0.25) is 0 Å². The van der Waals surface area contributed by atoms with Crippen molar-refractivity contribution in [1.82, 2.24) is 15.3 Å². The van der Waals surface area contributed by atoms with E-state index in [1.165, 1.54) is 6.08 Å². The van der Waals surface area contributed by atoms with E-state index in [-0.39, 0.29) is 54.4 Å². The van der Waals surface area contributed by atoms with Crippen LogP contribution >= 0.6 is 15.9 Å². The summed E-state index contributed by atoms with van der Waals surface area (Å²) in [7, 11) is 0. The highest BCUT2D eigenvalue weighted by Crippen LogP contribution is 2.39. The zero-order valence-electron chi connectivity index (χ0n) is 18.6. The third kappa shape index (κ3) is 6.52. The number of nitrogens with one attached hydrogen (secondary N) is 1. The molecule has 0 bridgehead atoms. The van der Waals surface area contributed by atoms with Crippen LogP contribution in [0.1, 0.15) is 30.0 Å². The van der Waals surface area contributed by atoms with Crippen molar-refractivity contribution < 1.29 is 23.9 Å². The predicted octanol–water partition coefficient (Wildman–Crippen LogP) is 2.51. The zero-order chi connectivity index (χ0) is 23.8. The Morgan fingerprint density at radius 3 is 2.48 bits per heavy atom. The Bertz CT molecular complexity index is 875. The summed E-state index contributed by atoms with van der Waals surface area (Å²) >= 11 is 3.44. The Hall–Kier alpha value is -2.49. The van der Waals surface area contributed by atoms with Gasteiger partial charge < -0.3 is 14.8 Å². The molecule has 1 amide bonds. The van der Waals surface area contributed by atoms with E-state index in [0.29, 0.717) is 26.1 Å². The molecule has 0 spiro atoms. The molecule has 8 nitrogen and oxygen atoms in total. The maximum absolute atomic E-state index is 12.7. The van der Waals surface area contributed by atoms with Crippen molar-refractivity contribution in [3.8, 4) is 0 Å². The van der Waals surface area contributed by atoms with Crippen LogP contribution in [0.4, 0.5) is 0 Å². The quantitative estimate of drug-likeness (QED) is 0.273. The van der Waals surface area contributed by atoms with Crippen LogP contribution in [-0.2, 0) is 30.4 Å². The lowest BCUT2D eigenvalue weighted by molar-refractivity contribution is -0.150. The fraction of sp³-hybridized carbons (Fsp3) is 0.458. The molecule has 2 unspecified atom stereocenters. The maximum atomic E-state index is 12.7. The standard InChI is InChI=1S/C24H30BrN3O5/c1-3-11-32-22(29)15-26-14-17-5-7-18(8-6-17)21-13-19(24(31)33-12-4-2)16-28(21)27-10-9-20(25)23(27)30/h3-8,19-21,26H,1-2,9-16H2/t19?,20-,21?/m0/s1. The van der Waals surface area contributed by atoms with E-state index in [1.54, 1.807) is 11.1 Å². The molecule has 2 saturated heterocycles. The van der Waals surface area contributed by atoms with Crippen molar-refractivity contribution >= 4 is 33.8 Å². The Morgan fingerprint density at radius 2 is 1.85 bits per heavy atom. The van der Waals surface area contributed by atoms with Gasteiger partial charge in [-0.2, -0.15) is 0 Å². The summed E-state index contributed by atoms with van der Waals surface area (Å²) in [6.07, 6.45) is 4.38. The first kappa shape index (κ1) is 25.1. The highest BCUT2D eigenvalue weighted by molar-refractivity contribution is 9.10. The number of rotatable bonds is 11. The van der Waals surface area contributed by atoms with Gasteiger partial charge in [-0.3, -0.25) is 19.4 Å². The average molecular weight is 520 g/mol. The molecule has 9 heteroatoms. The summed E-state index contributed by atoms with van der Waals surface area (Å²) < 4.78 is 10.2. The van der Waals surface area contributed by atoms with E-state index in [9.17, 15) is 14.4 Å². The van der Waals surface area contributed by atoms with E-state index in [2.05, 4.69) is 34.4 Å². The van der Waals surface area contributed by atoms with Gasteiger partial charge in [0.25, 0.3) is 5.91 Å². The molecule has 2 aliphatic rings. The minimum atomic E-state index is -0.331. The molecule has 2 heterocycles. The molecule has 1 aromatic carbocycles. The molecule has 1 aromatic rings. The second kappa shape index (κ2) is 12.1. The summed E-state index contributed by atoms with van der Waals surface area (Å²) in [6.45, 7) is 9.16. The van der Waals surface area contributed by atoms with Crippen molar-refractivity contribution in [3.63, 3.8) is 0 Å². The van der Waals surface area contributed by atoms with Crippen LogP contribution in [0.2, 0.25) is 0 Å². The van der Waals surface area contributed by atoms with Crippen LogP contribution in [0.25, 0.3) is 0 Å². The van der Waals surface area contributed by atoms with Crippen LogP contribution in [0.15, 0.2) is 49.6 Å². The summed E-state index contributed by atoms with van der Waals surface area (Å²) in [4.78, 5) is 36.6. The monoisotopic (exact) mass is 519 g/mol. The van der Waals surface area contributed by atoms with E-state index >= 15 is 0 Å². The number of carbonyl (C=O) groups is 3. The number of hydrogen-bond acceptors (Lipinski definition) is 7. The van der Waals surface area contributed by atoms with Crippen LogP contribution < -0.4 is 5.32 Å². The highest BCUT2D eigenvalue weighted by Gasteiger charge is 2.44. The van der Waals surface area contributed by atoms with Gasteiger partial charge in [0, 0.05) is 19.6 Å². The number of hydrazine groups is 1. The lowest BCUT2D eigenvalue weighted by Gasteiger charge is -2.33. The molecular weight excluding hydrogens is 490 g/mol. The molecule has 178 valence electrons. The van der Waals surface area contributed by atoms with Gasteiger partial charge >= 0.3 is 11.9 Å². The molecule has 0 radical (unpaired) electrons. The molecule has 2 aliphatic heterocycles. The molecule has 3 rings (SSSR count). The van der Waals surface area contributed by atoms with Gasteiger partial charge in [-0.05, 0) is 24.0 Å². The molecular formula is C24H30BrN3O5. The minimum Gasteiger partial charge on any atom is -0.461 e. The summed E-state index contributed by atoms with van der Waals surface area (Å²) in [5.41, 5.74) is 2.04. The lowest BCUT2D eigenvalue weighted by atomic mass is 9.99. The van der Waals surface area contributed by atoms with E-state index in [0.717, 1.165) is 17.5 Å². The second-order valence-corrected chi connectivity index (χ2v) is 9.13. The Morgan fingerprint density at radius 1 is 1.15 bits per heavy atom. The number of amides is 1. The number of hydrogen-bond donors (Lipinski definition) is 1. The summed E-state index contributed by atoms with van der Waals surface area (Å²) in [5, 5.41) is 6.82. The number of halogens is 1. The average Bonchev–Trinajstić information content (AvgIpc) is 3.40. The van der Waals surface area contributed by atoms with Gasteiger partial charge in [0.15, 0.2) is 0 Å². The fourth-order valence-corrected chi connectivity index (χ4v) is 4.52. The number of carbonyl (C=O) groups excluding carboxylic acids is 3.